The van der Waals surface area contributed by atoms with Gasteiger partial charge in [-0.05, 0) is 41.7 Å². The van der Waals surface area contributed by atoms with Crippen LogP contribution in [0.4, 0.5) is 5.69 Å². The lowest BCUT2D eigenvalue weighted by molar-refractivity contribution is 0.102. The zero-order chi connectivity index (χ0) is 20.1. The zero-order valence-corrected chi connectivity index (χ0v) is 17.2. The summed E-state index contributed by atoms with van der Waals surface area (Å²) in [6, 6.07) is 13.7. The molecule has 2 aromatic carbocycles. The van der Waals surface area contributed by atoms with Crippen LogP contribution in [0.15, 0.2) is 53.4 Å². The molecule has 6 heteroatoms. The molecule has 0 radical (unpaired) electrons. The number of hydrogen-bond donors (Lipinski definition) is 2. The van der Waals surface area contributed by atoms with Crippen LogP contribution in [-0.2, 0) is 15.4 Å². The summed E-state index contributed by atoms with van der Waals surface area (Å²) in [5.74, 6) is -0.336. The van der Waals surface area contributed by atoms with Crippen molar-refractivity contribution in [1.29, 1.82) is 0 Å². The Hall–Kier alpha value is -2.18. The Bertz CT molecular complexity index is 900. The van der Waals surface area contributed by atoms with E-state index in [4.69, 9.17) is 0 Å². The highest BCUT2D eigenvalue weighted by Crippen LogP contribution is 2.29. The summed E-state index contributed by atoms with van der Waals surface area (Å²) >= 11 is 0. The maximum absolute atomic E-state index is 12.7. The van der Waals surface area contributed by atoms with E-state index < -0.39 is 10.0 Å². The molecule has 0 aromatic heterocycles. The number of rotatable bonds is 7. The van der Waals surface area contributed by atoms with Crippen LogP contribution in [0.2, 0.25) is 0 Å². The molecule has 2 rings (SSSR count). The first-order valence-electron chi connectivity index (χ1n) is 9.16. The molecule has 2 N–H and O–H groups in total. The fourth-order valence-corrected chi connectivity index (χ4v) is 3.83. The number of anilines is 1. The van der Waals surface area contributed by atoms with E-state index in [1.165, 1.54) is 12.1 Å². The number of benzene rings is 2. The Labute approximate surface area is 162 Å². The number of nitrogens with one attached hydrogen (secondary N) is 2. The Kier molecular flexibility index (Phi) is 6.78. The normalized spacial score (nSPS) is 12.0. The number of amides is 1. The Morgan fingerprint density at radius 2 is 1.74 bits per heavy atom. The largest absolute Gasteiger partial charge is 0.322 e. The quantitative estimate of drug-likeness (QED) is 0.694. The van der Waals surface area contributed by atoms with Gasteiger partial charge in [-0.25, -0.2) is 13.1 Å². The van der Waals surface area contributed by atoms with E-state index >= 15 is 0 Å². The highest BCUT2D eigenvalue weighted by Gasteiger charge is 2.20. The highest BCUT2D eigenvalue weighted by atomic mass is 32.2. The van der Waals surface area contributed by atoms with E-state index in [1.54, 1.807) is 12.1 Å². The lowest BCUT2D eigenvalue weighted by atomic mass is 9.86. The number of hydrogen-bond acceptors (Lipinski definition) is 3. The van der Waals surface area contributed by atoms with Crippen molar-refractivity contribution >= 4 is 21.6 Å². The average Bonchev–Trinajstić information content (AvgIpc) is 2.61. The van der Waals surface area contributed by atoms with Crippen molar-refractivity contribution in [1.82, 2.24) is 4.72 Å². The molecule has 2 aromatic rings. The Morgan fingerprint density at radius 3 is 2.41 bits per heavy atom. The van der Waals surface area contributed by atoms with E-state index in [2.05, 4.69) is 30.8 Å². The van der Waals surface area contributed by atoms with Gasteiger partial charge in [0.1, 0.15) is 0 Å². The van der Waals surface area contributed by atoms with Crippen molar-refractivity contribution in [3.8, 4) is 0 Å². The van der Waals surface area contributed by atoms with Gasteiger partial charge in [0.15, 0.2) is 0 Å². The van der Waals surface area contributed by atoms with Gasteiger partial charge in [0.25, 0.3) is 5.91 Å². The van der Waals surface area contributed by atoms with Crippen LogP contribution < -0.4 is 10.0 Å². The third kappa shape index (κ3) is 5.65. The molecule has 1 amide bonds. The highest BCUT2D eigenvalue weighted by molar-refractivity contribution is 7.89. The van der Waals surface area contributed by atoms with Crippen molar-refractivity contribution in [2.45, 2.75) is 50.8 Å². The first-order chi connectivity index (χ1) is 12.6. The summed E-state index contributed by atoms with van der Waals surface area (Å²) in [4.78, 5) is 12.8. The van der Waals surface area contributed by atoms with Gasteiger partial charge in [-0.3, -0.25) is 4.79 Å². The van der Waals surface area contributed by atoms with Gasteiger partial charge in [-0.1, -0.05) is 58.4 Å². The minimum Gasteiger partial charge on any atom is -0.322 e. The van der Waals surface area contributed by atoms with Crippen LogP contribution in [0.25, 0.3) is 0 Å². The molecule has 27 heavy (non-hydrogen) atoms. The molecular formula is C21H28N2O3S. The molecule has 0 atom stereocenters. The standard InChI is InChI=1S/C21H28N2O3S/c1-5-6-14-22-27(25,26)17-11-9-10-16(15-17)20(24)23-19-13-8-7-12-18(19)21(2,3)4/h7-13,15,22H,5-6,14H2,1-4H3,(H,23,24). The van der Waals surface area contributed by atoms with E-state index in [0.29, 0.717) is 12.1 Å². The molecular weight excluding hydrogens is 360 g/mol. The minimum atomic E-state index is -3.62. The first-order valence-corrected chi connectivity index (χ1v) is 10.6. The molecule has 5 nitrogen and oxygen atoms in total. The lowest BCUT2D eigenvalue weighted by Crippen LogP contribution is -2.25. The van der Waals surface area contributed by atoms with Gasteiger partial charge in [0, 0.05) is 17.8 Å². The Balaban J connectivity index is 2.24. The summed E-state index contributed by atoms with van der Waals surface area (Å²) in [5.41, 5.74) is 1.92. The molecule has 0 aliphatic heterocycles. The molecule has 0 saturated carbocycles. The maximum atomic E-state index is 12.7. The molecule has 0 fully saturated rings. The van der Waals surface area contributed by atoms with Gasteiger partial charge in [-0.15, -0.1) is 0 Å². The van der Waals surface area contributed by atoms with Gasteiger partial charge in [0.05, 0.1) is 4.90 Å². The topological polar surface area (TPSA) is 75.3 Å². The summed E-state index contributed by atoms with van der Waals surface area (Å²) in [7, 11) is -3.62. The van der Waals surface area contributed by atoms with Crippen LogP contribution in [-0.4, -0.2) is 20.9 Å². The van der Waals surface area contributed by atoms with Gasteiger partial charge in [0.2, 0.25) is 10.0 Å². The zero-order valence-electron chi connectivity index (χ0n) is 16.4. The number of unbranched alkanes of at least 4 members (excludes halogenated alkanes) is 1. The molecule has 0 saturated heterocycles. The molecule has 0 aliphatic carbocycles. The molecule has 0 spiro atoms. The number of para-hydroxylation sites is 1. The van der Waals surface area contributed by atoms with E-state index in [1.807, 2.05) is 31.2 Å². The third-order valence-electron chi connectivity index (χ3n) is 4.21. The molecule has 0 unspecified atom stereocenters. The number of carbonyl (C=O) groups excluding carboxylic acids is 1. The van der Waals surface area contributed by atoms with Crippen LogP contribution in [0.1, 0.15) is 56.5 Å². The van der Waals surface area contributed by atoms with Crippen molar-refractivity contribution in [2.75, 3.05) is 11.9 Å². The number of carbonyl (C=O) groups is 1. The lowest BCUT2D eigenvalue weighted by Gasteiger charge is -2.23. The fraction of sp³-hybridized carbons (Fsp3) is 0.381. The molecule has 0 heterocycles. The van der Waals surface area contributed by atoms with E-state index in [9.17, 15) is 13.2 Å². The van der Waals surface area contributed by atoms with Crippen molar-refractivity contribution < 1.29 is 13.2 Å². The van der Waals surface area contributed by atoms with Crippen LogP contribution in [0, 0.1) is 0 Å². The minimum absolute atomic E-state index is 0.0929. The van der Waals surface area contributed by atoms with Gasteiger partial charge >= 0.3 is 0 Å². The summed E-state index contributed by atoms with van der Waals surface area (Å²) in [5, 5.41) is 2.91. The van der Waals surface area contributed by atoms with E-state index in [-0.39, 0.29) is 16.2 Å². The smallest absolute Gasteiger partial charge is 0.255 e. The number of sulfonamides is 1. The predicted molar refractivity (Wildman–Crippen MR) is 110 cm³/mol. The summed E-state index contributed by atoms with van der Waals surface area (Å²) in [6.07, 6.45) is 1.67. The molecule has 0 bridgehead atoms. The van der Waals surface area contributed by atoms with Crippen molar-refractivity contribution in [2.24, 2.45) is 0 Å². The maximum Gasteiger partial charge on any atom is 0.255 e. The second-order valence-electron chi connectivity index (χ2n) is 7.53. The Morgan fingerprint density at radius 1 is 1.04 bits per heavy atom. The third-order valence-corrected chi connectivity index (χ3v) is 5.67. The van der Waals surface area contributed by atoms with Crippen LogP contribution in [0.5, 0.6) is 0 Å². The van der Waals surface area contributed by atoms with E-state index in [0.717, 1.165) is 24.1 Å². The van der Waals surface area contributed by atoms with Crippen LogP contribution in [0.3, 0.4) is 0 Å². The van der Waals surface area contributed by atoms with Crippen LogP contribution >= 0.6 is 0 Å². The second kappa shape index (κ2) is 8.67. The fourth-order valence-electron chi connectivity index (χ4n) is 2.71. The molecule has 0 aliphatic rings. The first kappa shape index (κ1) is 21.1. The summed E-state index contributed by atoms with van der Waals surface area (Å²) in [6.45, 7) is 8.61. The van der Waals surface area contributed by atoms with Gasteiger partial charge < -0.3 is 5.32 Å². The van der Waals surface area contributed by atoms with Crippen molar-refractivity contribution in [3.05, 3.63) is 59.7 Å². The SMILES string of the molecule is CCCCNS(=O)(=O)c1cccc(C(=O)Nc2ccccc2C(C)(C)C)c1. The van der Waals surface area contributed by atoms with Crippen molar-refractivity contribution in [3.63, 3.8) is 0 Å². The summed E-state index contributed by atoms with van der Waals surface area (Å²) < 4.78 is 27.3. The molecule has 146 valence electrons. The predicted octanol–water partition coefficient (Wildman–Crippen LogP) is 4.31. The average molecular weight is 389 g/mol. The van der Waals surface area contributed by atoms with Gasteiger partial charge in [-0.2, -0.15) is 0 Å². The monoisotopic (exact) mass is 388 g/mol. The second-order valence-corrected chi connectivity index (χ2v) is 9.30.